The molecule has 2 aromatic carbocycles. The van der Waals surface area contributed by atoms with Gasteiger partial charge >= 0.3 is 0 Å². The Morgan fingerprint density at radius 3 is 2.54 bits per heavy atom. The van der Waals surface area contributed by atoms with Crippen LogP contribution in [-0.4, -0.2) is 25.4 Å². The molecular weight excluding hydrogens is 322 g/mol. The van der Waals surface area contributed by atoms with Crippen molar-refractivity contribution in [3.8, 4) is 11.5 Å². The molecule has 1 aliphatic rings. The van der Waals surface area contributed by atoms with Crippen molar-refractivity contribution in [2.75, 3.05) is 19.5 Å². The van der Waals surface area contributed by atoms with Gasteiger partial charge in [-0.15, -0.1) is 11.8 Å². The number of fused-ring (bicyclic) bond motifs is 1. The van der Waals surface area contributed by atoms with Crippen molar-refractivity contribution in [2.24, 2.45) is 0 Å². The van der Waals surface area contributed by atoms with Crippen LogP contribution in [0.5, 0.6) is 11.5 Å². The summed E-state index contributed by atoms with van der Waals surface area (Å²) >= 11 is 1.71. The van der Waals surface area contributed by atoms with Gasteiger partial charge in [-0.05, 0) is 48.6 Å². The smallest absolute Gasteiger partial charge is 0.224 e. The van der Waals surface area contributed by atoms with Crippen LogP contribution in [0.4, 0.5) is 0 Å². The van der Waals surface area contributed by atoms with E-state index in [2.05, 4.69) is 29.6 Å². The number of rotatable bonds is 5. The van der Waals surface area contributed by atoms with Gasteiger partial charge in [-0.3, -0.25) is 4.79 Å². The average Bonchev–Trinajstić information content (AvgIpc) is 2.61. The largest absolute Gasteiger partial charge is 0.486 e. The van der Waals surface area contributed by atoms with E-state index in [0.29, 0.717) is 25.4 Å². The normalized spacial score (nSPS) is 14.1. The highest BCUT2D eigenvalue weighted by molar-refractivity contribution is 7.98. The molecule has 1 N–H and O–H groups in total. The average molecular weight is 343 g/mol. The predicted octanol–water partition coefficient (Wildman–Crippen LogP) is 3.60. The quantitative estimate of drug-likeness (QED) is 0.843. The van der Waals surface area contributed by atoms with E-state index in [0.717, 1.165) is 16.9 Å². The van der Waals surface area contributed by atoms with E-state index in [1.807, 2.05) is 31.4 Å². The van der Waals surface area contributed by atoms with Crippen LogP contribution in [0.2, 0.25) is 0 Å². The van der Waals surface area contributed by atoms with Crippen LogP contribution < -0.4 is 14.8 Å². The van der Waals surface area contributed by atoms with Crippen LogP contribution in [0.15, 0.2) is 47.4 Å². The molecule has 0 aromatic heterocycles. The molecule has 1 heterocycles. The van der Waals surface area contributed by atoms with E-state index in [9.17, 15) is 4.79 Å². The number of ether oxygens (including phenoxy) is 2. The van der Waals surface area contributed by atoms with E-state index in [1.165, 1.54) is 4.90 Å². The third kappa shape index (κ3) is 4.03. The van der Waals surface area contributed by atoms with E-state index in [4.69, 9.17) is 9.47 Å². The lowest BCUT2D eigenvalue weighted by atomic mass is 10.1. The molecule has 1 atom stereocenters. The van der Waals surface area contributed by atoms with Gasteiger partial charge in [-0.2, -0.15) is 0 Å². The van der Waals surface area contributed by atoms with E-state index in [-0.39, 0.29) is 11.9 Å². The summed E-state index contributed by atoms with van der Waals surface area (Å²) in [5, 5.41) is 3.04. The van der Waals surface area contributed by atoms with Crippen LogP contribution in [-0.2, 0) is 11.2 Å². The summed E-state index contributed by atoms with van der Waals surface area (Å²) < 4.78 is 11.1. The maximum absolute atomic E-state index is 12.3. The molecule has 2 aromatic rings. The van der Waals surface area contributed by atoms with Crippen molar-refractivity contribution in [3.05, 3.63) is 53.6 Å². The Bertz CT molecular complexity index is 715. The zero-order chi connectivity index (χ0) is 16.9. The Balaban J connectivity index is 1.60. The molecule has 126 valence electrons. The monoisotopic (exact) mass is 343 g/mol. The molecule has 5 heteroatoms. The van der Waals surface area contributed by atoms with Crippen molar-refractivity contribution in [1.29, 1.82) is 0 Å². The molecule has 0 bridgehead atoms. The van der Waals surface area contributed by atoms with Gasteiger partial charge in [0.25, 0.3) is 0 Å². The van der Waals surface area contributed by atoms with Gasteiger partial charge in [0, 0.05) is 4.90 Å². The zero-order valence-electron chi connectivity index (χ0n) is 13.9. The SMILES string of the molecule is CSc1ccc(C(C)NC(=O)Cc2ccc3c(c2)OCCO3)cc1. The first-order chi connectivity index (χ1) is 11.7. The maximum atomic E-state index is 12.3. The first-order valence-electron chi connectivity index (χ1n) is 7.97. The van der Waals surface area contributed by atoms with Crippen LogP contribution in [0.25, 0.3) is 0 Å². The standard InChI is InChI=1S/C19H21NO3S/c1-13(15-4-6-16(24-2)7-5-15)20-19(21)12-14-3-8-17-18(11-14)23-10-9-22-17/h3-8,11,13H,9-10,12H2,1-2H3,(H,20,21). The molecule has 1 aliphatic heterocycles. The number of hydrogen-bond acceptors (Lipinski definition) is 4. The Morgan fingerprint density at radius 1 is 1.12 bits per heavy atom. The second-order valence-corrected chi connectivity index (χ2v) is 6.60. The van der Waals surface area contributed by atoms with E-state index in [1.54, 1.807) is 11.8 Å². The molecular formula is C19H21NO3S. The first-order valence-corrected chi connectivity index (χ1v) is 9.20. The van der Waals surface area contributed by atoms with Crippen molar-refractivity contribution < 1.29 is 14.3 Å². The Hall–Kier alpha value is -2.14. The lowest BCUT2D eigenvalue weighted by molar-refractivity contribution is -0.121. The van der Waals surface area contributed by atoms with E-state index >= 15 is 0 Å². The van der Waals surface area contributed by atoms with Crippen molar-refractivity contribution in [1.82, 2.24) is 5.32 Å². The van der Waals surface area contributed by atoms with Crippen LogP contribution in [0.1, 0.15) is 24.1 Å². The minimum absolute atomic E-state index is 0.00637. The van der Waals surface area contributed by atoms with Gasteiger partial charge in [0.05, 0.1) is 12.5 Å². The molecule has 0 saturated heterocycles. The van der Waals surface area contributed by atoms with Gasteiger partial charge in [0.1, 0.15) is 13.2 Å². The number of thioether (sulfide) groups is 1. The highest BCUT2D eigenvalue weighted by atomic mass is 32.2. The summed E-state index contributed by atoms with van der Waals surface area (Å²) in [4.78, 5) is 13.5. The Labute approximate surface area is 146 Å². The third-order valence-corrected chi connectivity index (χ3v) is 4.71. The number of amides is 1. The minimum atomic E-state index is -0.0226. The van der Waals surface area contributed by atoms with Crippen LogP contribution in [0.3, 0.4) is 0 Å². The van der Waals surface area contributed by atoms with Crippen LogP contribution >= 0.6 is 11.8 Å². The summed E-state index contributed by atoms with van der Waals surface area (Å²) in [6, 6.07) is 13.9. The van der Waals surface area contributed by atoms with Crippen molar-refractivity contribution >= 4 is 17.7 Å². The van der Waals surface area contributed by atoms with Crippen molar-refractivity contribution in [3.63, 3.8) is 0 Å². The van der Waals surface area contributed by atoms with Gasteiger partial charge in [-0.1, -0.05) is 18.2 Å². The molecule has 3 rings (SSSR count). The van der Waals surface area contributed by atoms with Gasteiger partial charge < -0.3 is 14.8 Å². The topological polar surface area (TPSA) is 47.6 Å². The summed E-state index contributed by atoms with van der Waals surface area (Å²) in [7, 11) is 0. The fourth-order valence-corrected chi connectivity index (χ4v) is 3.06. The van der Waals surface area contributed by atoms with Gasteiger partial charge in [0.15, 0.2) is 11.5 Å². The maximum Gasteiger partial charge on any atom is 0.224 e. The molecule has 4 nitrogen and oxygen atoms in total. The van der Waals surface area contributed by atoms with Crippen molar-refractivity contribution in [2.45, 2.75) is 24.3 Å². The number of carbonyl (C=O) groups is 1. The molecule has 1 unspecified atom stereocenters. The second kappa shape index (κ2) is 7.62. The van der Waals surface area contributed by atoms with E-state index < -0.39 is 0 Å². The number of nitrogens with one attached hydrogen (secondary N) is 1. The summed E-state index contributed by atoms with van der Waals surface area (Å²) in [6.45, 7) is 3.11. The molecule has 24 heavy (non-hydrogen) atoms. The lowest BCUT2D eigenvalue weighted by Gasteiger charge is -2.19. The zero-order valence-corrected chi connectivity index (χ0v) is 14.7. The van der Waals surface area contributed by atoms with Gasteiger partial charge in [-0.25, -0.2) is 0 Å². The number of benzene rings is 2. The molecule has 0 saturated carbocycles. The highest BCUT2D eigenvalue weighted by Crippen LogP contribution is 2.30. The fourth-order valence-electron chi connectivity index (χ4n) is 2.65. The summed E-state index contributed by atoms with van der Waals surface area (Å²) in [6.07, 6.45) is 2.37. The molecule has 0 aliphatic carbocycles. The molecule has 0 fully saturated rings. The Morgan fingerprint density at radius 2 is 1.83 bits per heavy atom. The number of carbonyl (C=O) groups excluding carboxylic acids is 1. The summed E-state index contributed by atoms with van der Waals surface area (Å²) in [5.41, 5.74) is 2.02. The fraction of sp³-hybridized carbons (Fsp3) is 0.316. The predicted molar refractivity (Wildman–Crippen MR) is 95.9 cm³/mol. The Kier molecular flexibility index (Phi) is 5.30. The molecule has 0 radical (unpaired) electrons. The first kappa shape index (κ1) is 16.7. The third-order valence-electron chi connectivity index (χ3n) is 3.96. The molecule has 1 amide bonds. The molecule has 0 spiro atoms. The minimum Gasteiger partial charge on any atom is -0.486 e. The van der Waals surface area contributed by atoms with Gasteiger partial charge in [0.2, 0.25) is 5.91 Å². The lowest BCUT2D eigenvalue weighted by Crippen LogP contribution is -2.28. The van der Waals surface area contributed by atoms with Crippen LogP contribution in [0, 0.1) is 0 Å². The number of hydrogen-bond donors (Lipinski definition) is 1. The second-order valence-electron chi connectivity index (χ2n) is 5.72. The highest BCUT2D eigenvalue weighted by Gasteiger charge is 2.14. The summed E-state index contributed by atoms with van der Waals surface area (Å²) in [5.74, 6) is 1.45.